The van der Waals surface area contributed by atoms with Gasteiger partial charge in [0.25, 0.3) is 0 Å². The van der Waals surface area contributed by atoms with Crippen molar-refractivity contribution in [2.24, 2.45) is 5.16 Å². The van der Waals surface area contributed by atoms with E-state index in [2.05, 4.69) is 5.16 Å². The molecular weight excluding hydrogens is 202 g/mol. The normalized spacial score (nSPS) is 11.4. The molecule has 1 rings (SSSR count). The van der Waals surface area contributed by atoms with Crippen LogP contribution in [0.25, 0.3) is 0 Å². The van der Waals surface area contributed by atoms with Gasteiger partial charge in [0.1, 0.15) is 5.75 Å². The van der Waals surface area contributed by atoms with Crippen LogP contribution in [0.2, 0.25) is 0 Å². The Labute approximate surface area is 88.0 Å². The highest BCUT2D eigenvalue weighted by Gasteiger charge is 2.00. The van der Waals surface area contributed by atoms with Crippen LogP contribution < -0.4 is 4.74 Å². The summed E-state index contributed by atoms with van der Waals surface area (Å²) >= 11 is 5.61. The molecule has 0 aliphatic heterocycles. The molecule has 0 amide bonds. The molecule has 0 spiro atoms. The maximum atomic E-state index is 8.42. The van der Waals surface area contributed by atoms with Crippen molar-refractivity contribution in [1.82, 2.24) is 0 Å². The summed E-state index contributed by atoms with van der Waals surface area (Å²) in [7, 11) is 0. The largest absolute Gasteiger partial charge is 0.494 e. The van der Waals surface area contributed by atoms with Gasteiger partial charge in [-0.3, -0.25) is 0 Å². The molecule has 0 heterocycles. The molecule has 0 fully saturated rings. The molecule has 0 saturated carbocycles. The summed E-state index contributed by atoms with van der Waals surface area (Å²) in [4.78, 5) is 0. The highest BCUT2D eigenvalue weighted by Crippen LogP contribution is 2.14. The first kappa shape index (κ1) is 10.9. The third-order valence-electron chi connectivity index (χ3n) is 1.65. The predicted molar refractivity (Wildman–Crippen MR) is 56.4 cm³/mol. The molecule has 0 aliphatic carbocycles. The second-order valence-electron chi connectivity index (χ2n) is 2.76. The molecular formula is C10H12ClNO2. The van der Waals surface area contributed by atoms with Crippen molar-refractivity contribution in [2.45, 2.75) is 13.3 Å². The Balaban J connectivity index is 2.68. The highest BCUT2D eigenvalue weighted by atomic mass is 35.5. The highest BCUT2D eigenvalue weighted by molar-refractivity contribution is 6.69. The number of hydrogen-bond donors (Lipinski definition) is 1. The molecule has 0 bridgehead atoms. The van der Waals surface area contributed by atoms with Gasteiger partial charge >= 0.3 is 0 Å². The van der Waals surface area contributed by atoms with E-state index in [0.717, 1.165) is 12.2 Å². The summed E-state index contributed by atoms with van der Waals surface area (Å²) in [5.74, 6) is 0.790. The van der Waals surface area contributed by atoms with Crippen LogP contribution in [-0.4, -0.2) is 17.0 Å². The summed E-state index contributed by atoms with van der Waals surface area (Å²) in [6, 6.07) is 7.07. The van der Waals surface area contributed by atoms with Crippen LogP contribution >= 0.6 is 11.6 Å². The molecule has 1 aromatic rings. The van der Waals surface area contributed by atoms with Gasteiger partial charge in [-0.05, 0) is 30.7 Å². The van der Waals surface area contributed by atoms with E-state index in [1.807, 2.05) is 6.92 Å². The number of benzene rings is 1. The first-order chi connectivity index (χ1) is 6.77. The summed E-state index contributed by atoms with van der Waals surface area (Å²) in [5, 5.41) is 11.4. The van der Waals surface area contributed by atoms with E-state index in [-0.39, 0.29) is 5.17 Å². The fourth-order valence-electron chi connectivity index (χ4n) is 0.966. The first-order valence-corrected chi connectivity index (χ1v) is 4.76. The third kappa shape index (κ3) is 2.92. The Morgan fingerprint density at radius 1 is 1.43 bits per heavy atom. The van der Waals surface area contributed by atoms with E-state index in [1.54, 1.807) is 24.3 Å². The lowest BCUT2D eigenvalue weighted by molar-refractivity contribution is 0.317. The lowest BCUT2D eigenvalue weighted by atomic mass is 10.2. The second-order valence-corrected chi connectivity index (χ2v) is 3.12. The van der Waals surface area contributed by atoms with Gasteiger partial charge in [-0.2, -0.15) is 0 Å². The molecule has 0 unspecified atom stereocenters. The van der Waals surface area contributed by atoms with Crippen LogP contribution in [0.1, 0.15) is 18.9 Å². The van der Waals surface area contributed by atoms with E-state index >= 15 is 0 Å². The van der Waals surface area contributed by atoms with E-state index in [1.165, 1.54) is 0 Å². The molecule has 1 aromatic carbocycles. The van der Waals surface area contributed by atoms with E-state index in [9.17, 15) is 0 Å². The summed E-state index contributed by atoms with van der Waals surface area (Å²) in [6.07, 6.45) is 0.973. The Bertz CT molecular complexity index is 308. The second kappa shape index (κ2) is 5.50. The fraction of sp³-hybridized carbons (Fsp3) is 0.300. The Kier molecular flexibility index (Phi) is 4.26. The zero-order valence-electron chi connectivity index (χ0n) is 7.90. The Hall–Kier alpha value is -1.22. The van der Waals surface area contributed by atoms with Crippen molar-refractivity contribution in [3.05, 3.63) is 29.8 Å². The molecule has 0 atom stereocenters. The van der Waals surface area contributed by atoms with Crippen molar-refractivity contribution in [2.75, 3.05) is 6.61 Å². The molecule has 3 nitrogen and oxygen atoms in total. The van der Waals surface area contributed by atoms with Gasteiger partial charge in [-0.25, -0.2) is 0 Å². The van der Waals surface area contributed by atoms with E-state index in [4.69, 9.17) is 21.5 Å². The van der Waals surface area contributed by atoms with E-state index in [0.29, 0.717) is 12.2 Å². The zero-order chi connectivity index (χ0) is 10.4. The lowest BCUT2D eigenvalue weighted by Crippen LogP contribution is -1.96. The van der Waals surface area contributed by atoms with Crippen molar-refractivity contribution in [3.63, 3.8) is 0 Å². The van der Waals surface area contributed by atoms with Gasteiger partial charge in [0.2, 0.25) is 0 Å². The summed E-state index contributed by atoms with van der Waals surface area (Å²) in [5.41, 5.74) is 0.665. The van der Waals surface area contributed by atoms with Crippen LogP contribution in [0, 0.1) is 0 Å². The minimum absolute atomic E-state index is 0.0760. The number of halogens is 1. The van der Waals surface area contributed by atoms with Crippen LogP contribution in [0.15, 0.2) is 29.4 Å². The van der Waals surface area contributed by atoms with Gasteiger partial charge in [-0.1, -0.05) is 23.7 Å². The number of oxime groups is 1. The average Bonchev–Trinajstić information content (AvgIpc) is 2.26. The van der Waals surface area contributed by atoms with Crippen LogP contribution in [0.5, 0.6) is 5.75 Å². The van der Waals surface area contributed by atoms with E-state index < -0.39 is 0 Å². The Morgan fingerprint density at radius 2 is 2.07 bits per heavy atom. The van der Waals surface area contributed by atoms with Crippen molar-refractivity contribution in [3.8, 4) is 5.75 Å². The molecule has 0 aliphatic rings. The molecule has 1 N–H and O–H groups in total. The quantitative estimate of drug-likeness (QED) is 0.475. The number of ether oxygens (including phenoxy) is 1. The minimum atomic E-state index is 0.0760. The van der Waals surface area contributed by atoms with Crippen LogP contribution in [-0.2, 0) is 0 Å². The van der Waals surface area contributed by atoms with Crippen LogP contribution in [0.3, 0.4) is 0 Å². The van der Waals surface area contributed by atoms with Crippen molar-refractivity contribution < 1.29 is 9.94 Å². The minimum Gasteiger partial charge on any atom is -0.494 e. The van der Waals surface area contributed by atoms with Gasteiger partial charge < -0.3 is 9.94 Å². The topological polar surface area (TPSA) is 41.8 Å². The maximum absolute atomic E-state index is 8.42. The van der Waals surface area contributed by atoms with Gasteiger partial charge in [-0.15, -0.1) is 0 Å². The van der Waals surface area contributed by atoms with Gasteiger partial charge in [0.15, 0.2) is 5.17 Å². The monoisotopic (exact) mass is 213 g/mol. The molecule has 76 valence electrons. The first-order valence-electron chi connectivity index (χ1n) is 4.38. The van der Waals surface area contributed by atoms with Crippen molar-refractivity contribution >= 4 is 16.8 Å². The summed E-state index contributed by atoms with van der Waals surface area (Å²) < 4.78 is 5.38. The number of rotatable bonds is 4. The van der Waals surface area contributed by atoms with Gasteiger partial charge in [0, 0.05) is 5.56 Å². The summed E-state index contributed by atoms with van der Waals surface area (Å²) in [6.45, 7) is 2.74. The standard InChI is InChI=1S/C10H12ClNO2/c1-2-7-14-9-5-3-8(4-6-9)10(11)12-13/h3-6,13H,2,7H2,1H3/b12-10-. The Morgan fingerprint density at radius 3 is 2.57 bits per heavy atom. The number of hydrogen-bond acceptors (Lipinski definition) is 3. The van der Waals surface area contributed by atoms with Crippen LogP contribution in [0.4, 0.5) is 0 Å². The molecule has 0 aromatic heterocycles. The molecule has 0 saturated heterocycles. The average molecular weight is 214 g/mol. The third-order valence-corrected chi connectivity index (χ3v) is 1.95. The SMILES string of the molecule is CCCOc1ccc(/C(Cl)=N/O)cc1. The number of nitrogens with zero attached hydrogens (tertiary/aromatic N) is 1. The smallest absolute Gasteiger partial charge is 0.175 e. The lowest BCUT2D eigenvalue weighted by Gasteiger charge is -2.04. The molecule has 4 heteroatoms. The van der Waals surface area contributed by atoms with Crippen molar-refractivity contribution in [1.29, 1.82) is 0 Å². The van der Waals surface area contributed by atoms with Gasteiger partial charge in [0.05, 0.1) is 6.61 Å². The fourth-order valence-corrected chi connectivity index (χ4v) is 1.09. The predicted octanol–water partition coefficient (Wildman–Crippen LogP) is 2.85. The maximum Gasteiger partial charge on any atom is 0.175 e. The molecule has 14 heavy (non-hydrogen) atoms. The zero-order valence-corrected chi connectivity index (χ0v) is 8.66. The molecule has 0 radical (unpaired) electrons.